The minimum absolute atomic E-state index is 0.0879. The van der Waals surface area contributed by atoms with E-state index in [-0.39, 0.29) is 18.7 Å². The minimum atomic E-state index is -4.34. The average molecular weight is 438 g/mol. The minimum Gasteiger partial charge on any atom is -0.396 e. The van der Waals surface area contributed by atoms with E-state index in [2.05, 4.69) is 22.9 Å². The first-order chi connectivity index (χ1) is 14.2. The number of hydrogen-bond acceptors (Lipinski definition) is 4. The van der Waals surface area contributed by atoms with E-state index in [1.807, 2.05) is 31.2 Å². The van der Waals surface area contributed by atoms with Crippen LogP contribution in [0.4, 0.5) is 13.2 Å². The quantitative estimate of drug-likeness (QED) is 0.272. The van der Waals surface area contributed by atoms with Crippen LogP contribution in [-0.2, 0) is 19.0 Å². The molecule has 162 valence electrons. The number of thiol groups is 1. The molecule has 0 spiro atoms. The Morgan fingerprint density at radius 2 is 1.90 bits per heavy atom. The van der Waals surface area contributed by atoms with E-state index in [4.69, 9.17) is 10.8 Å². The smallest absolute Gasteiger partial charge is 0.396 e. The van der Waals surface area contributed by atoms with Crippen molar-refractivity contribution in [1.82, 2.24) is 5.32 Å². The molecule has 2 aromatic carbocycles. The molecule has 0 saturated carbocycles. The monoisotopic (exact) mass is 437 g/mol. The van der Waals surface area contributed by atoms with Gasteiger partial charge >= 0.3 is 6.18 Å². The van der Waals surface area contributed by atoms with Crippen LogP contribution in [0.5, 0.6) is 0 Å². The number of nitrogens with one attached hydrogen (secondary N) is 1. The fraction of sp³-hybridized carbons (Fsp3) is 0.318. The van der Waals surface area contributed by atoms with Crippen molar-refractivity contribution in [1.29, 1.82) is 0 Å². The van der Waals surface area contributed by atoms with E-state index in [1.165, 1.54) is 18.5 Å². The Balaban J connectivity index is 1.88. The lowest BCUT2D eigenvalue weighted by atomic mass is 10.0. The van der Waals surface area contributed by atoms with Gasteiger partial charge in [0.2, 0.25) is 0 Å². The molecule has 2 unspecified atom stereocenters. The van der Waals surface area contributed by atoms with Crippen LogP contribution < -0.4 is 11.1 Å². The molecule has 0 bridgehead atoms. The molecular weight excluding hydrogens is 411 g/mol. The Kier molecular flexibility index (Phi) is 8.95. The van der Waals surface area contributed by atoms with Gasteiger partial charge in [-0.3, -0.25) is 4.99 Å². The van der Waals surface area contributed by atoms with Crippen molar-refractivity contribution in [3.63, 3.8) is 0 Å². The number of halogens is 3. The van der Waals surface area contributed by atoms with Gasteiger partial charge in [0.15, 0.2) is 0 Å². The summed E-state index contributed by atoms with van der Waals surface area (Å²) in [5.41, 5.74) is 8.12. The first-order valence-electron chi connectivity index (χ1n) is 9.49. The van der Waals surface area contributed by atoms with Crippen LogP contribution in [0.25, 0.3) is 4.91 Å². The molecular formula is C22H26F3N3OS. The molecule has 0 fully saturated rings. The van der Waals surface area contributed by atoms with Crippen LogP contribution in [0.15, 0.2) is 59.7 Å². The van der Waals surface area contributed by atoms with Crippen molar-refractivity contribution in [3.05, 3.63) is 77.0 Å². The second kappa shape index (κ2) is 11.2. The molecule has 0 aromatic heterocycles. The number of alkyl halides is 3. The lowest BCUT2D eigenvalue weighted by molar-refractivity contribution is -0.137. The Morgan fingerprint density at radius 3 is 2.53 bits per heavy atom. The second-order valence-electron chi connectivity index (χ2n) is 6.95. The summed E-state index contributed by atoms with van der Waals surface area (Å²) in [5, 5.41) is 12.0. The van der Waals surface area contributed by atoms with Gasteiger partial charge in [-0.15, -0.1) is 12.6 Å². The number of aliphatic hydroxyl groups excluding tert-OH is 1. The van der Waals surface area contributed by atoms with Crippen LogP contribution >= 0.6 is 12.6 Å². The summed E-state index contributed by atoms with van der Waals surface area (Å²) in [4.78, 5) is 5.05. The first kappa shape index (κ1) is 24.0. The molecule has 0 heterocycles. The summed E-state index contributed by atoms with van der Waals surface area (Å²) >= 11 is 4.46. The lowest BCUT2D eigenvalue weighted by Gasteiger charge is -2.16. The molecule has 0 aliphatic rings. The molecule has 4 nitrogen and oxygen atoms in total. The van der Waals surface area contributed by atoms with Gasteiger partial charge in [-0.25, -0.2) is 0 Å². The van der Waals surface area contributed by atoms with E-state index in [0.29, 0.717) is 17.7 Å². The Hall–Kier alpha value is -2.29. The number of benzene rings is 2. The Morgan fingerprint density at radius 1 is 1.20 bits per heavy atom. The van der Waals surface area contributed by atoms with E-state index in [9.17, 15) is 13.2 Å². The highest BCUT2D eigenvalue weighted by Crippen LogP contribution is 2.29. The zero-order valence-electron chi connectivity index (χ0n) is 16.6. The van der Waals surface area contributed by atoms with Gasteiger partial charge in [-0.05, 0) is 48.6 Å². The molecule has 4 N–H and O–H groups in total. The third kappa shape index (κ3) is 7.51. The highest BCUT2D eigenvalue weighted by atomic mass is 32.1. The topological polar surface area (TPSA) is 70.6 Å². The van der Waals surface area contributed by atoms with Crippen LogP contribution in [0, 0.1) is 0 Å². The fourth-order valence-corrected chi connectivity index (χ4v) is 2.97. The van der Waals surface area contributed by atoms with Crippen molar-refractivity contribution >= 4 is 23.9 Å². The predicted octanol–water partition coefficient (Wildman–Crippen LogP) is 4.04. The maximum atomic E-state index is 12.6. The van der Waals surface area contributed by atoms with Crippen LogP contribution in [0.2, 0.25) is 0 Å². The Bertz CT molecular complexity index is 867. The van der Waals surface area contributed by atoms with Gasteiger partial charge in [-0.1, -0.05) is 36.4 Å². The average Bonchev–Trinajstić information content (AvgIpc) is 2.71. The van der Waals surface area contributed by atoms with Gasteiger partial charge in [0.05, 0.1) is 17.9 Å². The van der Waals surface area contributed by atoms with Crippen LogP contribution in [0.3, 0.4) is 0 Å². The van der Waals surface area contributed by atoms with Crippen LogP contribution in [0.1, 0.15) is 29.2 Å². The van der Waals surface area contributed by atoms with E-state index in [1.54, 1.807) is 6.20 Å². The second-order valence-corrected chi connectivity index (χ2v) is 7.43. The molecule has 2 rings (SSSR count). The molecule has 0 radical (unpaired) electrons. The van der Waals surface area contributed by atoms with Gasteiger partial charge in [0.1, 0.15) is 0 Å². The van der Waals surface area contributed by atoms with Crippen molar-refractivity contribution in [2.24, 2.45) is 10.7 Å². The highest BCUT2D eigenvalue weighted by molar-refractivity contribution is 7.90. The van der Waals surface area contributed by atoms with Gasteiger partial charge in [-0.2, -0.15) is 13.2 Å². The SMILES string of the molecule is CC(N=CN/C=C(\S)c1cccc(CCO)c1)C(N)Cc1ccc(C(F)(F)F)cc1. The molecule has 0 aliphatic heterocycles. The van der Waals surface area contributed by atoms with E-state index in [0.717, 1.165) is 28.8 Å². The van der Waals surface area contributed by atoms with E-state index >= 15 is 0 Å². The largest absolute Gasteiger partial charge is 0.416 e. The van der Waals surface area contributed by atoms with Gasteiger partial charge in [0, 0.05) is 23.8 Å². The van der Waals surface area contributed by atoms with Crippen molar-refractivity contribution in [2.75, 3.05) is 6.61 Å². The van der Waals surface area contributed by atoms with Crippen molar-refractivity contribution in [2.45, 2.75) is 38.0 Å². The van der Waals surface area contributed by atoms with Gasteiger partial charge in [0.25, 0.3) is 0 Å². The molecule has 0 amide bonds. The van der Waals surface area contributed by atoms with E-state index < -0.39 is 11.7 Å². The normalized spacial score (nSPS) is 14.7. The summed E-state index contributed by atoms with van der Waals surface area (Å²) in [7, 11) is 0. The fourth-order valence-electron chi connectivity index (χ4n) is 2.76. The summed E-state index contributed by atoms with van der Waals surface area (Å²) in [6, 6.07) is 12.2. The highest BCUT2D eigenvalue weighted by Gasteiger charge is 2.30. The standard InChI is InChI=1S/C22H26F3N3OS/c1-15(20(26)12-17-5-7-19(8-6-17)22(23,24)25)28-14-27-13-21(30)18-4-2-3-16(11-18)9-10-29/h2-8,11,13-15,20,29-30H,9-10,12,26H2,1H3,(H,27,28)/b21-13-. The summed E-state index contributed by atoms with van der Waals surface area (Å²) in [6.45, 7) is 1.93. The number of nitrogens with zero attached hydrogens (tertiary/aromatic N) is 1. The zero-order chi connectivity index (χ0) is 22.1. The molecule has 2 aromatic rings. The molecule has 8 heteroatoms. The summed E-state index contributed by atoms with van der Waals surface area (Å²) < 4.78 is 37.9. The third-order valence-corrected chi connectivity index (χ3v) is 4.99. The molecule has 30 heavy (non-hydrogen) atoms. The van der Waals surface area contributed by atoms with Crippen molar-refractivity contribution < 1.29 is 18.3 Å². The summed E-state index contributed by atoms with van der Waals surface area (Å²) in [5.74, 6) is 0. The number of aliphatic imine (C=N–C) groups is 1. The third-order valence-electron chi connectivity index (χ3n) is 4.60. The molecule has 0 aliphatic carbocycles. The molecule has 0 saturated heterocycles. The predicted molar refractivity (Wildman–Crippen MR) is 118 cm³/mol. The number of nitrogens with two attached hydrogens (primary N) is 1. The first-order valence-corrected chi connectivity index (χ1v) is 9.94. The number of hydrogen-bond donors (Lipinski definition) is 4. The van der Waals surface area contributed by atoms with Crippen LogP contribution in [-0.4, -0.2) is 30.1 Å². The number of rotatable bonds is 9. The summed E-state index contributed by atoms with van der Waals surface area (Å²) in [6.07, 6.45) is -0.132. The lowest BCUT2D eigenvalue weighted by Crippen LogP contribution is -2.34. The zero-order valence-corrected chi connectivity index (χ0v) is 17.5. The maximum absolute atomic E-state index is 12.6. The van der Waals surface area contributed by atoms with Crippen molar-refractivity contribution in [3.8, 4) is 0 Å². The molecule has 2 atom stereocenters. The van der Waals surface area contributed by atoms with Gasteiger partial charge < -0.3 is 16.2 Å². The number of aliphatic hydroxyl groups is 1. The Labute approximate surface area is 180 Å². The maximum Gasteiger partial charge on any atom is 0.416 e.